The third-order valence-electron chi connectivity index (χ3n) is 5.76. The van der Waals surface area contributed by atoms with Gasteiger partial charge in [0.25, 0.3) is 0 Å². The van der Waals surface area contributed by atoms with Gasteiger partial charge in [0, 0.05) is 6.42 Å². The molecule has 7 atom stereocenters. The summed E-state index contributed by atoms with van der Waals surface area (Å²) in [6, 6.07) is 0. The summed E-state index contributed by atoms with van der Waals surface area (Å²) >= 11 is 0. The van der Waals surface area contributed by atoms with Gasteiger partial charge in [-0.15, -0.1) is 0 Å². The molecule has 1 unspecified atom stereocenters. The van der Waals surface area contributed by atoms with Gasteiger partial charge >= 0.3 is 17.9 Å². The molecule has 186 valence electrons. The van der Waals surface area contributed by atoms with Gasteiger partial charge in [0.15, 0.2) is 18.3 Å². The van der Waals surface area contributed by atoms with Gasteiger partial charge in [-0.1, -0.05) is 60.3 Å². The Bertz CT molecular complexity index is 606. The Balaban J connectivity index is 3.08. The standard InChI is InChI=1S/C23H40O9/c1-6-8-9-10-11-12-15(24)30-21-19(31-22(28)13(3)4)17(26)16(25)18(27)20(21)32-23(29)14(5)7-2/h13-14,16-21,25-27H,6-12H2,1-5H3/t14?,16-,17-,18+,19+,20+,21-/m0/s1. The Morgan fingerprint density at radius 2 is 1.25 bits per heavy atom. The lowest BCUT2D eigenvalue weighted by Gasteiger charge is -2.44. The monoisotopic (exact) mass is 460 g/mol. The van der Waals surface area contributed by atoms with Crippen LogP contribution in [0.15, 0.2) is 0 Å². The zero-order chi connectivity index (χ0) is 24.4. The molecule has 0 radical (unpaired) electrons. The highest BCUT2D eigenvalue weighted by atomic mass is 16.6. The molecule has 0 aliphatic heterocycles. The molecule has 9 nitrogen and oxygen atoms in total. The van der Waals surface area contributed by atoms with E-state index < -0.39 is 66.4 Å². The average molecular weight is 461 g/mol. The minimum absolute atomic E-state index is 0.0891. The van der Waals surface area contributed by atoms with Crippen molar-refractivity contribution in [3.63, 3.8) is 0 Å². The molecule has 0 aromatic rings. The largest absolute Gasteiger partial charge is 0.455 e. The third kappa shape index (κ3) is 8.01. The Morgan fingerprint density at radius 1 is 0.719 bits per heavy atom. The molecule has 0 amide bonds. The Labute approximate surface area is 190 Å². The van der Waals surface area contributed by atoms with Crippen LogP contribution in [0.2, 0.25) is 0 Å². The number of aliphatic hydroxyl groups is 3. The number of ether oxygens (including phenoxy) is 3. The molecule has 0 bridgehead atoms. The number of unbranched alkanes of at least 4 members (excludes halogenated alkanes) is 4. The van der Waals surface area contributed by atoms with Gasteiger partial charge in [-0.25, -0.2) is 0 Å². The Morgan fingerprint density at radius 3 is 1.75 bits per heavy atom. The quantitative estimate of drug-likeness (QED) is 0.226. The van der Waals surface area contributed by atoms with Crippen LogP contribution in [0.5, 0.6) is 0 Å². The molecule has 1 aliphatic carbocycles. The SMILES string of the molecule is CCCCCCCC(=O)O[C@@H]1[C@H](OC(=O)C(C)CC)[C@H](O)[C@@H](O)[C@H](O)[C@H]1OC(=O)C(C)C. The first-order valence-electron chi connectivity index (χ1n) is 11.7. The molecule has 9 heteroatoms. The summed E-state index contributed by atoms with van der Waals surface area (Å²) in [4.78, 5) is 37.1. The van der Waals surface area contributed by atoms with Gasteiger partial charge < -0.3 is 29.5 Å². The van der Waals surface area contributed by atoms with E-state index in [4.69, 9.17) is 14.2 Å². The van der Waals surface area contributed by atoms with Crippen LogP contribution in [-0.2, 0) is 28.6 Å². The van der Waals surface area contributed by atoms with Crippen molar-refractivity contribution < 1.29 is 43.9 Å². The molecule has 32 heavy (non-hydrogen) atoms. The molecule has 0 spiro atoms. The van der Waals surface area contributed by atoms with Gasteiger partial charge in [0.1, 0.15) is 18.3 Å². The van der Waals surface area contributed by atoms with E-state index in [2.05, 4.69) is 6.92 Å². The molecule has 1 fully saturated rings. The van der Waals surface area contributed by atoms with Crippen LogP contribution in [-0.4, -0.2) is 69.9 Å². The first-order valence-corrected chi connectivity index (χ1v) is 11.7. The third-order valence-corrected chi connectivity index (χ3v) is 5.76. The molecule has 3 N–H and O–H groups in total. The lowest BCUT2D eigenvalue weighted by Crippen LogP contribution is -2.66. The minimum atomic E-state index is -1.77. The summed E-state index contributed by atoms with van der Waals surface area (Å²) < 4.78 is 16.2. The zero-order valence-electron chi connectivity index (χ0n) is 19.9. The first-order chi connectivity index (χ1) is 15.0. The zero-order valence-corrected chi connectivity index (χ0v) is 19.9. The van der Waals surface area contributed by atoms with E-state index >= 15 is 0 Å². The normalized spacial score (nSPS) is 28.8. The molecule has 0 saturated heterocycles. The molecular weight excluding hydrogens is 420 g/mol. The van der Waals surface area contributed by atoms with Gasteiger partial charge in [-0.05, 0) is 12.8 Å². The summed E-state index contributed by atoms with van der Waals surface area (Å²) in [5, 5.41) is 31.3. The highest BCUT2D eigenvalue weighted by Crippen LogP contribution is 2.30. The van der Waals surface area contributed by atoms with E-state index in [1.807, 2.05) is 0 Å². The Kier molecular flexibility index (Phi) is 12.2. The van der Waals surface area contributed by atoms with Crippen LogP contribution in [0.1, 0.15) is 79.6 Å². The second kappa shape index (κ2) is 13.7. The van der Waals surface area contributed by atoms with Crippen molar-refractivity contribution in [1.29, 1.82) is 0 Å². The van der Waals surface area contributed by atoms with Crippen molar-refractivity contribution >= 4 is 17.9 Å². The van der Waals surface area contributed by atoms with Gasteiger partial charge in [-0.2, -0.15) is 0 Å². The van der Waals surface area contributed by atoms with Crippen LogP contribution in [0.4, 0.5) is 0 Å². The highest BCUT2D eigenvalue weighted by Gasteiger charge is 2.55. The van der Waals surface area contributed by atoms with Crippen molar-refractivity contribution in [3.05, 3.63) is 0 Å². The summed E-state index contributed by atoms with van der Waals surface area (Å²) in [7, 11) is 0. The van der Waals surface area contributed by atoms with Gasteiger partial charge in [0.2, 0.25) is 0 Å². The van der Waals surface area contributed by atoms with Crippen LogP contribution >= 0.6 is 0 Å². The van der Waals surface area contributed by atoms with Gasteiger partial charge in [0.05, 0.1) is 11.8 Å². The maximum Gasteiger partial charge on any atom is 0.309 e. The summed E-state index contributed by atoms with van der Waals surface area (Å²) in [5.74, 6) is -3.03. The van der Waals surface area contributed by atoms with E-state index in [9.17, 15) is 29.7 Å². The smallest absolute Gasteiger partial charge is 0.309 e. The van der Waals surface area contributed by atoms with Crippen LogP contribution in [0.3, 0.4) is 0 Å². The number of hydrogen-bond acceptors (Lipinski definition) is 9. The maximum atomic E-state index is 12.5. The molecule has 0 heterocycles. The van der Waals surface area contributed by atoms with E-state index in [1.165, 1.54) is 0 Å². The van der Waals surface area contributed by atoms with Crippen molar-refractivity contribution in [2.75, 3.05) is 0 Å². The van der Waals surface area contributed by atoms with Gasteiger partial charge in [-0.3, -0.25) is 14.4 Å². The van der Waals surface area contributed by atoms with E-state index in [-0.39, 0.29) is 6.42 Å². The van der Waals surface area contributed by atoms with E-state index in [1.54, 1.807) is 27.7 Å². The van der Waals surface area contributed by atoms with E-state index in [0.29, 0.717) is 12.8 Å². The maximum absolute atomic E-state index is 12.5. The van der Waals surface area contributed by atoms with Crippen molar-refractivity contribution in [1.82, 2.24) is 0 Å². The topological polar surface area (TPSA) is 140 Å². The molecular formula is C23H40O9. The number of esters is 3. The van der Waals surface area contributed by atoms with Crippen LogP contribution < -0.4 is 0 Å². The lowest BCUT2D eigenvalue weighted by molar-refractivity contribution is -0.249. The Hall–Kier alpha value is -1.71. The lowest BCUT2D eigenvalue weighted by atomic mass is 9.84. The van der Waals surface area contributed by atoms with Crippen molar-refractivity contribution in [2.24, 2.45) is 11.8 Å². The fourth-order valence-electron chi connectivity index (χ4n) is 3.34. The predicted molar refractivity (Wildman–Crippen MR) is 115 cm³/mol. The van der Waals surface area contributed by atoms with Crippen LogP contribution in [0.25, 0.3) is 0 Å². The number of rotatable bonds is 12. The fourth-order valence-corrected chi connectivity index (χ4v) is 3.34. The molecule has 1 rings (SSSR count). The summed E-state index contributed by atoms with van der Waals surface area (Å²) in [5.41, 5.74) is 0. The van der Waals surface area contributed by atoms with Crippen LogP contribution in [0, 0.1) is 11.8 Å². The summed E-state index contributed by atoms with van der Waals surface area (Å²) in [6.07, 6.45) is -4.56. The molecule has 1 saturated carbocycles. The number of aliphatic hydroxyl groups excluding tert-OH is 3. The number of hydrogen-bond donors (Lipinski definition) is 3. The fraction of sp³-hybridized carbons (Fsp3) is 0.870. The first kappa shape index (κ1) is 28.3. The second-order valence-corrected chi connectivity index (χ2v) is 8.86. The summed E-state index contributed by atoms with van der Waals surface area (Å²) in [6.45, 7) is 8.67. The number of carbonyl (C=O) groups excluding carboxylic acids is 3. The molecule has 0 aromatic carbocycles. The second-order valence-electron chi connectivity index (χ2n) is 8.86. The average Bonchev–Trinajstić information content (AvgIpc) is 2.76. The minimum Gasteiger partial charge on any atom is -0.455 e. The number of carbonyl (C=O) groups is 3. The highest BCUT2D eigenvalue weighted by molar-refractivity contribution is 5.73. The predicted octanol–water partition coefficient (Wildman–Crippen LogP) is 1.88. The van der Waals surface area contributed by atoms with E-state index in [0.717, 1.165) is 25.7 Å². The van der Waals surface area contributed by atoms with Crippen molar-refractivity contribution in [3.8, 4) is 0 Å². The van der Waals surface area contributed by atoms with Crippen molar-refractivity contribution in [2.45, 2.75) is 116 Å². The molecule has 0 aromatic heterocycles. The molecule has 1 aliphatic rings.